The van der Waals surface area contributed by atoms with Gasteiger partial charge in [0.1, 0.15) is 5.75 Å². The molecule has 1 N–H and O–H groups in total. The molecule has 1 heterocycles. The Morgan fingerprint density at radius 2 is 2.11 bits per heavy atom. The first kappa shape index (κ1) is 12.7. The average molecular weight is 244 g/mol. The molecule has 0 fully saturated rings. The summed E-state index contributed by atoms with van der Waals surface area (Å²) < 4.78 is 7.45. The Morgan fingerprint density at radius 1 is 1.22 bits per heavy atom. The van der Waals surface area contributed by atoms with Crippen LogP contribution in [0.15, 0.2) is 42.6 Å². The number of hydrogen-bond donors (Lipinski definition) is 1. The third-order valence-electron chi connectivity index (χ3n) is 2.90. The van der Waals surface area contributed by atoms with Crippen LogP contribution in [0, 0.1) is 0 Å². The maximum absolute atomic E-state index is 5.26. The van der Waals surface area contributed by atoms with Crippen LogP contribution in [0.5, 0.6) is 5.75 Å². The smallest absolute Gasteiger partial charge is 0.120 e. The molecule has 96 valence electrons. The topological polar surface area (TPSA) is 26.2 Å². The van der Waals surface area contributed by atoms with E-state index in [1.807, 2.05) is 18.2 Å². The molecule has 0 saturated heterocycles. The molecular weight excluding hydrogens is 224 g/mol. The number of benzene rings is 1. The second-order valence-corrected chi connectivity index (χ2v) is 4.25. The molecule has 0 unspecified atom stereocenters. The Morgan fingerprint density at radius 3 is 2.89 bits per heavy atom. The Kier molecular flexibility index (Phi) is 4.42. The van der Waals surface area contributed by atoms with Gasteiger partial charge in [-0.2, -0.15) is 0 Å². The molecule has 0 amide bonds. The molecule has 0 aliphatic rings. The van der Waals surface area contributed by atoms with E-state index < -0.39 is 0 Å². The monoisotopic (exact) mass is 244 g/mol. The molecule has 0 aliphatic carbocycles. The van der Waals surface area contributed by atoms with E-state index in [9.17, 15) is 0 Å². The molecule has 1 aromatic heterocycles. The lowest BCUT2D eigenvalue weighted by molar-refractivity contribution is 0.414. The number of methoxy groups -OCH3 is 1. The summed E-state index contributed by atoms with van der Waals surface area (Å²) >= 11 is 0. The second-order valence-electron chi connectivity index (χ2n) is 4.25. The van der Waals surface area contributed by atoms with E-state index in [1.165, 1.54) is 5.69 Å². The quantitative estimate of drug-likeness (QED) is 0.791. The van der Waals surface area contributed by atoms with Crippen LogP contribution in [0.4, 0.5) is 0 Å². The minimum Gasteiger partial charge on any atom is -0.497 e. The molecular formula is C15H20N2O. The molecule has 0 bridgehead atoms. The molecule has 3 nitrogen and oxygen atoms in total. The molecule has 0 saturated carbocycles. The summed E-state index contributed by atoms with van der Waals surface area (Å²) in [5, 5.41) is 3.42. The third-order valence-corrected chi connectivity index (χ3v) is 2.90. The number of nitrogens with one attached hydrogen (secondary N) is 1. The van der Waals surface area contributed by atoms with Crippen molar-refractivity contribution in [2.45, 2.75) is 19.9 Å². The first-order valence-electron chi connectivity index (χ1n) is 6.36. The van der Waals surface area contributed by atoms with Crippen molar-refractivity contribution < 1.29 is 4.74 Å². The summed E-state index contributed by atoms with van der Waals surface area (Å²) in [6, 6.07) is 12.3. The second kappa shape index (κ2) is 6.26. The van der Waals surface area contributed by atoms with Gasteiger partial charge >= 0.3 is 0 Å². The lowest BCUT2D eigenvalue weighted by Crippen LogP contribution is -2.16. The Hall–Kier alpha value is -1.74. The summed E-state index contributed by atoms with van der Waals surface area (Å²) in [5.74, 6) is 0.883. The number of ether oxygens (including phenoxy) is 1. The molecule has 0 radical (unpaired) electrons. The molecule has 0 atom stereocenters. The SMILES string of the molecule is CCCNCc1cccn1-c1cccc(OC)c1. The maximum Gasteiger partial charge on any atom is 0.120 e. The number of aromatic nitrogens is 1. The fourth-order valence-electron chi connectivity index (χ4n) is 1.97. The highest BCUT2D eigenvalue weighted by Gasteiger charge is 2.03. The third kappa shape index (κ3) is 2.93. The summed E-state index contributed by atoms with van der Waals surface area (Å²) in [5.41, 5.74) is 2.39. The highest BCUT2D eigenvalue weighted by molar-refractivity contribution is 5.41. The van der Waals surface area contributed by atoms with Crippen molar-refractivity contribution in [3.8, 4) is 11.4 Å². The Labute approximate surface area is 108 Å². The van der Waals surface area contributed by atoms with Crippen LogP contribution in [-0.4, -0.2) is 18.2 Å². The minimum atomic E-state index is 0.883. The van der Waals surface area contributed by atoms with Crippen molar-refractivity contribution >= 4 is 0 Å². The van der Waals surface area contributed by atoms with Gasteiger partial charge in [0.25, 0.3) is 0 Å². The van der Waals surface area contributed by atoms with Crippen molar-refractivity contribution in [2.75, 3.05) is 13.7 Å². The number of hydrogen-bond acceptors (Lipinski definition) is 2. The lowest BCUT2D eigenvalue weighted by atomic mass is 10.3. The van der Waals surface area contributed by atoms with E-state index in [2.05, 4.69) is 41.2 Å². The van der Waals surface area contributed by atoms with Gasteiger partial charge < -0.3 is 14.6 Å². The van der Waals surface area contributed by atoms with E-state index >= 15 is 0 Å². The van der Waals surface area contributed by atoms with Gasteiger partial charge in [0.15, 0.2) is 0 Å². The van der Waals surface area contributed by atoms with E-state index in [4.69, 9.17) is 4.74 Å². The lowest BCUT2D eigenvalue weighted by Gasteiger charge is -2.11. The summed E-state index contributed by atoms with van der Waals surface area (Å²) in [7, 11) is 1.69. The largest absolute Gasteiger partial charge is 0.497 e. The molecule has 0 aliphatic heterocycles. The zero-order valence-electron chi connectivity index (χ0n) is 11.0. The zero-order chi connectivity index (χ0) is 12.8. The van der Waals surface area contributed by atoms with E-state index in [1.54, 1.807) is 7.11 Å². The Balaban J connectivity index is 2.19. The first-order chi connectivity index (χ1) is 8.85. The van der Waals surface area contributed by atoms with Gasteiger partial charge in [-0.3, -0.25) is 0 Å². The highest BCUT2D eigenvalue weighted by Crippen LogP contribution is 2.18. The predicted octanol–water partition coefficient (Wildman–Crippen LogP) is 2.99. The van der Waals surface area contributed by atoms with Crippen LogP contribution in [-0.2, 0) is 6.54 Å². The van der Waals surface area contributed by atoms with Crippen LogP contribution in [0.2, 0.25) is 0 Å². The average Bonchev–Trinajstić information content (AvgIpc) is 2.87. The predicted molar refractivity (Wildman–Crippen MR) is 74.3 cm³/mol. The summed E-state index contributed by atoms with van der Waals surface area (Å²) in [6.45, 7) is 4.11. The van der Waals surface area contributed by atoms with Crippen molar-refractivity contribution in [2.24, 2.45) is 0 Å². The first-order valence-corrected chi connectivity index (χ1v) is 6.36. The van der Waals surface area contributed by atoms with Crippen molar-refractivity contribution in [1.29, 1.82) is 0 Å². The molecule has 0 spiro atoms. The van der Waals surface area contributed by atoms with Crippen molar-refractivity contribution in [3.05, 3.63) is 48.3 Å². The zero-order valence-corrected chi connectivity index (χ0v) is 11.0. The van der Waals surface area contributed by atoms with Gasteiger partial charge in [0, 0.05) is 30.2 Å². The number of nitrogens with zero attached hydrogens (tertiary/aromatic N) is 1. The van der Waals surface area contributed by atoms with Gasteiger partial charge in [-0.25, -0.2) is 0 Å². The Bertz CT molecular complexity index is 491. The van der Waals surface area contributed by atoms with Crippen molar-refractivity contribution in [1.82, 2.24) is 9.88 Å². The fourth-order valence-corrected chi connectivity index (χ4v) is 1.97. The normalized spacial score (nSPS) is 10.6. The molecule has 18 heavy (non-hydrogen) atoms. The van der Waals surface area contributed by atoms with Crippen LogP contribution in [0.1, 0.15) is 19.0 Å². The molecule has 1 aromatic carbocycles. The fraction of sp³-hybridized carbons (Fsp3) is 0.333. The summed E-state index contributed by atoms with van der Waals surface area (Å²) in [4.78, 5) is 0. The van der Waals surface area contributed by atoms with Crippen LogP contribution in [0.25, 0.3) is 5.69 Å². The standard InChI is InChI=1S/C15H20N2O/c1-3-9-16-12-14-7-5-10-17(14)13-6-4-8-15(11-13)18-2/h4-8,10-11,16H,3,9,12H2,1-2H3. The van der Waals surface area contributed by atoms with E-state index in [0.717, 1.165) is 30.9 Å². The molecule has 2 aromatic rings. The van der Waals surface area contributed by atoms with Crippen LogP contribution >= 0.6 is 0 Å². The van der Waals surface area contributed by atoms with Crippen LogP contribution in [0.3, 0.4) is 0 Å². The van der Waals surface area contributed by atoms with Gasteiger partial charge in [-0.15, -0.1) is 0 Å². The van der Waals surface area contributed by atoms with Crippen LogP contribution < -0.4 is 10.1 Å². The highest BCUT2D eigenvalue weighted by atomic mass is 16.5. The van der Waals surface area contributed by atoms with Gasteiger partial charge in [0.05, 0.1) is 7.11 Å². The van der Waals surface area contributed by atoms with E-state index in [-0.39, 0.29) is 0 Å². The van der Waals surface area contributed by atoms with Gasteiger partial charge in [-0.1, -0.05) is 13.0 Å². The minimum absolute atomic E-state index is 0.883. The molecule has 2 rings (SSSR count). The van der Waals surface area contributed by atoms with Gasteiger partial charge in [0.2, 0.25) is 0 Å². The van der Waals surface area contributed by atoms with Gasteiger partial charge in [-0.05, 0) is 37.2 Å². The number of rotatable bonds is 6. The maximum atomic E-state index is 5.26. The van der Waals surface area contributed by atoms with E-state index in [0.29, 0.717) is 0 Å². The molecule has 3 heteroatoms. The van der Waals surface area contributed by atoms with Crippen molar-refractivity contribution in [3.63, 3.8) is 0 Å². The summed E-state index contributed by atoms with van der Waals surface area (Å²) in [6.07, 6.45) is 3.23.